The zero-order valence-electron chi connectivity index (χ0n) is 6.18. The van der Waals surface area contributed by atoms with Crippen LogP contribution in [0.5, 0.6) is 0 Å². The lowest BCUT2D eigenvalue weighted by atomic mass is 10.7. The number of nitrogen functional groups attached to an aromatic ring is 1. The number of rotatable bonds is 1. The Labute approximate surface area is 66.6 Å². The maximum absolute atomic E-state index is 5.19. The summed E-state index contributed by atoms with van der Waals surface area (Å²) in [6, 6.07) is -0.0270. The summed E-state index contributed by atoms with van der Waals surface area (Å²) in [4.78, 5) is 0. The minimum absolute atomic E-state index is 0.0270. The van der Waals surface area contributed by atoms with Gasteiger partial charge >= 0.3 is 17.8 Å². The van der Waals surface area contributed by atoms with Crippen LogP contribution in [0.15, 0.2) is 8.83 Å². The van der Waals surface area contributed by atoms with Crippen LogP contribution in [0.25, 0.3) is 11.8 Å². The minimum Gasteiger partial charge on any atom is -0.417 e. The third-order valence-corrected chi connectivity index (χ3v) is 1.15. The van der Waals surface area contributed by atoms with E-state index in [1.165, 1.54) is 0 Å². The third-order valence-electron chi connectivity index (χ3n) is 1.15. The van der Waals surface area contributed by atoms with Crippen molar-refractivity contribution in [1.29, 1.82) is 0 Å². The van der Waals surface area contributed by atoms with Crippen molar-refractivity contribution in [3.63, 3.8) is 0 Å². The Bertz CT molecular complexity index is 354. The Balaban J connectivity index is 2.43. The highest BCUT2D eigenvalue weighted by Crippen LogP contribution is 2.15. The average molecular weight is 167 g/mol. The summed E-state index contributed by atoms with van der Waals surface area (Å²) < 4.78 is 9.85. The highest BCUT2D eigenvalue weighted by Gasteiger charge is 2.12. The molecule has 0 aliphatic rings. The van der Waals surface area contributed by atoms with Crippen LogP contribution in [0, 0.1) is 6.92 Å². The van der Waals surface area contributed by atoms with Crippen molar-refractivity contribution in [2.45, 2.75) is 6.92 Å². The summed E-state index contributed by atoms with van der Waals surface area (Å²) in [7, 11) is 0. The van der Waals surface area contributed by atoms with Gasteiger partial charge in [-0.3, -0.25) is 0 Å². The number of aryl methyl sites for hydroxylation is 1. The molecule has 7 heteroatoms. The monoisotopic (exact) mass is 167 g/mol. The van der Waals surface area contributed by atoms with Crippen LogP contribution in [-0.2, 0) is 0 Å². The molecule has 7 nitrogen and oxygen atoms in total. The molecule has 0 unspecified atom stereocenters. The molecular weight excluding hydrogens is 162 g/mol. The molecule has 0 amide bonds. The van der Waals surface area contributed by atoms with Gasteiger partial charge in [0.25, 0.3) is 0 Å². The number of aromatic nitrogens is 4. The molecule has 2 aromatic heterocycles. The number of anilines is 1. The van der Waals surface area contributed by atoms with Crippen LogP contribution < -0.4 is 5.73 Å². The molecule has 12 heavy (non-hydrogen) atoms. The lowest BCUT2D eigenvalue weighted by Crippen LogP contribution is -1.81. The Morgan fingerprint density at radius 2 is 1.67 bits per heavy atom. The Morgan fingerprint density at radius 3 is 2.17 bits per heavy atom. The van der Waals surface area contributed by atoms with Crippen molar-refractivity contribution < 1.29 is 8.83 Å². The second kappa shape index (κ2) is 2.29. The standard InChI is InChI=1S/C5H5N5O2/c1-2-7-8-3(11-2)4-9-10-5(6)12-4/h1H3,(H2,6,10). The van der Waals surface area contributed by atoms with Crippen molar-refractivity contribution in [1.82, 2.24) is 20.4 Å². The average Bonchev–Trinajstić information content (AvgIpc) is 2.58. The Morgan fingerprint density at radius 1 is 1.00 bits per heavy atom. The molecule has 0 saturated heterocycles. The quantitative estimate of drug-likeness (QED) is 0.637. The molecule has 62 valence electrons. The molecule has 0 radical (unpaired) electrons. The van der Waals surface area contributed by atoms with E-state index in [1.54, 1.807) is 6.92 Å². The smallest absolute Gasteiger partial charge is 0.313 e. The third kappa shape index (κ3) is 1.00. The van der Waals surface area contributed by atoms with Crippen molar-refractivity contribution >= 4 is 6.01 Å². The largest absolute Gasteiger partial charge is 0.417 e. The molecule has 2 N–H and O–H groups in total. The van der Waals surface area contributed by atoms with Gasteiger partial charge in [-0.1, -0.05) is 5.10 Å². The number of hydrogen-bond donors (Lipinski definition) is 1. The van der Waals surface area contributed by atoms with E-state index >= 15 is 0 Å². The van der Waals surface area contributed by atoms with E-state index in [0.29, 0.717) is 5.89 Å². The second-order valence-electron chi connectivity index (χ2n) is 2.07. The van der Waals surface area contributed by atoms with Crippen LogP contribution in [-0.4, -0.2) is 20.4 Å². The number of nitrogens with zero attached hydrogens (tertiary/aromatic N) is 4. The molecule has 0 aliphatic heterocycles. The molecule has 0 aromatic carbocycles. The molecule has 0 bridgehead atoms. The van der Waals surface area contributed by atoms with Crippen molar-refractivity contribution in [3.05, 3.63) is 5.89 Å². The highest BCUT2D eigenvalue weighted by atomic mass is 16.4. The fourth-order valence-corrected chi connectivity index (χ4v) is 0.704. The highest BCUT2D eigenvalue weighted by molar-refractivity contribution is 5.36. The van der Waals surface area contributed by atoms with E-state index in [0.717, 1.165) is 0 Å². The van der Waals surface area contributed by atoms with Gasteiger partial charge in [0.1, 0.15) is 0 Å². The molecule has 0 fully saturated rings. The van der Waals surface area contributed by atoms with Crippen LogP contribution in [0.3, 0.4) is 0 Å². The predicted octanol–water partition coefficient (Wildman–Crippen LogP) is 0.0102. The van der Waals surface area contributed by atoms with Crippen molar-refractivity contribution in [2.24, 2.45) is 0 Å². The van der Waals surface area contributed by atoms with Crippen LogP contribution >= 0.6 is 0 Å². The van der Waals surface area contributed by atoms with Gasteiger partial charge in [0, 0.05) is 6.92 Å². The summed E-state index contributed by atoms with van der Waals surface area (Å²) in [5.74, 6) is 0.742. The molecule has 2 heterocycles. The maximum Gasteiger partial charge on any atom is 0.313 e. The lowest BCUT2D eigenvalue weighted by Gasteiger charge is -1.80. The number of hydrogen-bond acceptors (Lipinski definition) is 7. The van der Waals surface area contributed by atoms with Gasteiger partial charge in [-0.05, 0) is 0 Å². The zero-order valence-corrected chi connectivity index (χ0v) is 6.18. The van der Waals surface area contributed by atoms with Gasteiger partial charge in [-0.2, -0.15) is 0 Å². The van der Waals surface area contributed by atoms with E-state index in [2.05, 4.69) is 20.4 Å². The lowest BCUT2D eigenvalue weighted by molar-refractivity contribution is 0.496. The van der Waals surface area contributed by atoms with E-state index in [-0.39, 0.29) is 17.8 Å². The van der Waals surface area contributed by atoms with E-state index < -0.39 is 0 Å². The van der Waals surface area contributed by atoms with Crippen LogP contribution in [0.2, 0.25) is 0 Å². The van der Waals surface area contributed by atoms with Gasteiger partial charge in [0.15, 0.2) is 0 Å². The molecule has 0 atom stereocenters. The van der Waals surface area contributed by atoms with Crippen molar-refractivity contribution in [2.75, 3.05) is 5.73 Å². The van der Waals surface area contributed by atoms with Gasteiger partial charge < -0.3 is 14.6 Å². The first kappa shape index (κ1) is 6.77. The van der Waals surface area contributed by atoms with E-state index in [4.69, 9.17) is 14.6 Å². The fraction of sp³-hybridized carbons (Fsp3) is 0.200. The Hall–Kier alpha value is -1.92. The summed E-state index contributed by atoms with van der Waals surface area (Å²) in [6.07, 6.45) is 0. The minimum atomic E-state index is -0.0270. The second-order valence-corrected chi connectivity index (χ2v) is 2.07. The molecule has 0 spiro atoms. The normalized spacial score (nSPS) is 10.4. The van der Waals surface area contributed by atoms with Gasteiger partial charge in [0.2, 0.25) is 5.89 Å². The summed E-state index contributed by atoms with van der Waals surface area (Å²) >= 11 is 0. The molecule has 0 saturated carbocycles. The summed E-state index contributed by atoms with van der Waals surface area (Å²) in [5, 5.41) is 14.2. The molecule has 0 aliphatic carbocycles. The van der Waals surface area contributed by atoms with Gasteiger partial charge in [-0.25, -0.2) is 0 Å². The first-order valence-corrected chi connectivity index (χ1v) is 3.15. The fourth-order valence-electron chi connectivity index (χ4n) is 0.704. The molecule has 2 rings (SSSR count). The number of nitrogens with two attached hydrogens (primary N) is 1. The Kier molecular flexibility index (Phi) is 1.29. The zero-order chi connectivity index (χ0) is 8.55. The first-order chi connectivity index (χ1) is 5.75. The van der Waals surface area contributed by atoms with E-state index in [1.807, 2.05) is 0 Å². The predicted molar refractivity (Wildman–Crippen MR) is 36.7 cm³/mol. The molecular formula is C5H5N5O2. The summed E-state index contributed by atoms with van der Waals surface area (Å²) in [5.41, 5.74) is 5.19. The topological polar surface area (TPSA) is 104 Å². The SMILES string of the molecule is Cc1nnc(-c2nnc(N)o2)o1. The molecule has 2 aromatic rings. The van der Waals surface area contributed by atoms with Crippen LogP contribution in [0.1, 0.15) is 5.89 Å². The maximum atomic E-state index is 5.19. The van der Waals surface area contributed by atoms with E-state index in [9.17, 15) is 0 Å². The van der Waals surface area contributed by atoms with Gasteiger partial charge in [-0.15, -0.1) is 15.3 Å². The van der Waals surface area contributed by atoms with Crippen LogP contribution in [0.4, 0.5) is 6.01 Å². The first-order valence-electron chi connectivity index (χ1n) is 3.15. The van der Waals surface area contributed by atoms with Gasteiger partial charge in [0.05, 0.1) is 0 Å². The summed E-state index contributed by atoms with van der Waals surface area (Å²) in [6.45, 7) is 1.66. The van der Waals surface area contributed by atoms with Crippen molar-refractivity contribution in [3.8, 4) is 11.8 Å².